The van der Waals surface area contributed by atoms with Crippen molar-refractivity contribution >= 4 is 39.7 Å². The van der Waals surface area contributed by atoms with Gasteiger partial charge < -0.3 is 16.4 Å². The summed E-state index contributed by atoms with van der Waals surface area (Å²) < 4.78 is 0. The zero-order chi connectivity index (χ0) is 19.1. The third kappa shape index (κ3) is 2.72. The first kappa shape index (κ1) is 16.3. The second-order valence-electron chi connectivity index (χ2n) is 6.72. The van der Waals surface area contributed by atoms with Crippen molar-refractivity contribution in [3.05, 3.63) is 84.2 Å². The molecule has 1 unspecified atom stereocenters. The number of nitrogens with one attached hydrogen (secondary N) is 2. The van der Waals surface area contributed by atoms with E-state index in [1.807, 2.05) is 60.7 Å². The number of hydrogen-bond donors (Lipinski definition) is 3. The Morgan fingerprint density at radius 3 is 2.68 bits per heavy atom. The number of pyridine rings is 2. The number of benzene rings is 2. The Morgan fingerprint density at radius 1 is 1.00 bits per heavy atom. The molecule has 4 N–H and O–H groups in total. The van der Waals surface area contributed by atoms with Gasteiger partial charge in [-0.1, -0.05) is 36.4 Å². The highest BCUT2D eigenvalue weighted by molar-refractivity contribution is 6.05. The lowest BCUT2D eigenvalue weighted by Gasteiger charge is -2.15. The van der Waals surface area contributed by atoms with E-state index in [1.165, 1.54) is 0 Å². The van der Waals surface area contributed by atoms with Crippen LogP contribution in [0.15, 0.2) is 72.9 Å². The molecule has 0 spiro atoms. The van der Waals surface area contributed by atoms with E-state index in [0.29, 0.717) is 11.5 Å². The van der Waals surface area contributed by atoms with Gasteiger partial charge in [-0.15, -0.1) is 0 Å². The second kappa shape index (κ2) is 6.35. The van der Waals surface area contributed by atoms with Crippen LogP contribution in [0.1, 0.15) is 17.2 Å². The number of hydrogen-bond acceptors (Lipinski definition) is 5. The first-order valence-electron chi connectivity index (χ1n) is 8.97. The molecule has 0 saturated heterocycles. The molecule has 0 fully saturated rings. The Bertz CT molecular complexity index is 1200. The molecule has 2 aromatic heterocycles. The van der Waals surface area contributed by atoms with Crippen LogP contribution >= 0.6 is 0 Å². The van der Waals surface area contributed by atoms with Crippen LogP contribution in [0.3, 0.4) is 0 Å². The largest absolute Gasteiger partial charge is 0.384 e. The smallest absolute Gasteiger partial charge is 0.238 e. The van der Waals surface area contributed by atoms with Crippen molar-refractivity contribution in [3.63, 3.8) is 0 Å². The van der Waals surface area contributed by atoms with E-state index >= 15 is 0 Å². The molecule has 5 rings (SSSR count). The lowest BCUT2D eigenvalue weighted by Crippen LogP contribution is -2.15. The van der Waals surface area contributed by atoms with Crippen molar-refractivity contribution in [3.8, 4) is 0 Å². The Kier molecular flexibility index (Phi) is 3.69. The van der Waals surface area contributed by atoms with E-state index in [9.17, 15) is 4.79 Å². The lowest BCUT2D eigenvalue weighted by atomic mass is 9.95. The average Bonchev–Trinajstić information content (AvgIpc) is 3.05. The number of fused-ring (bicyclic) bond motifs is 2. The lowest BCUT2D eigenvalue weighted by molar-refractivity contribution is -0.116. The molecule has 2 aromatic carbocycles. The second-order valence-corrected chi connectivity index (χ2v) is 6.72. The summed E-state index contributed by atoms with van der Waals surface area (Å²) in [6.07, 6.45) is 1.68. The van der Waals surface area contributed by atoms with Crippen LogP contribution in [0.2, 0.25) is 0 Å². The molecule has 28 heavy (non-hydrogen) atoms. The predicted octanol–water partition coefficient (Wildman–Crippen LogP) is 4.04. The van der Waals surface area contributed by atoms with Gasteiger partial charge in [-0.2, -0.15) is 0 Å². The number of rotatable bonds is 3. The molecule has 0 aliphatic carbocycles. The molecule has 136 valence electrons. The van der Waals surface area contributed by atoms with Crippen molar-refractivity contribution in [2.45, 2.75) is 5.92 Å². The van der Waals surface area contributed by atoms with E-state index in [2.05, 4.69) is 15.6 Å². The number of carbonyl (C=O) groups is 1. The minimum absolute atomic E-state index is 0.0657. The van der Waals surface area contributed by atoms with Crippen molar-refractivity contribution in [2.75, 3.05) is 16.4 Å². The van der Waals surface area contributed by atoms with Crippen LogP contribution < -0.4 is 16.4 Å². The summed E-state index contributed by atoms with van der Waals surface area (Å²) in [4.78, 5) is 21.6. The van der Waals surface area contributed by atoms with Gasteiger partial charge in [0, 0.05) is 16.8 Å². The highest BCUT2D eigenvalue weighted by atomic mass is 16.2. The number of nitrogens with two attached hydrogens (primary N) is 1. The molecule has 1 atom stereocenters. The van der Waals surface area contributed by atoms with Gasteiger partial charge in [0.25, 0.3) is 0 Å². The molecule has 1 amide bonds. The van der Waals surface area contributed by atoms with E-state index in [4.69, 9.17) is 10.7 Å². The quantitative estimate of drug-likeness (QED) is 0.508. The Labute approximate surface area is 161 Å². The monoisotopic (exact) mass is 367 g/mol. The van der Waals surface area contributed by atoms with Crippen LogP contribution in [0.4, 0.5) is 22.9 Å². The van der Waals surface area contributed by atoms with Crippen LogP contribution in [0, 0.1) is 0 Å². The molecular weight excluding hydrogens is 350 g/mol. The molecule has 6 nitrogen and oxygen atoms in total. The first-order valence-corrected chi connectivity index (χ1v) is 8.97. The normalized spacial score (nSPS) is 15.3. The van der Waals surface area contributed by atoms with Crippen LogP contribution in [0.25, 0.3) is 10.9 Å². The fraction of sp³-hybridized carbons (Fsp3) is 0.0455. The van der Waals surface area contributed by atoms with E-state index in [1.54, 1.807) is 12.3 Å². The topological polar surface area (TPSA) is 92.9 Å². The Balaban J connectivity index is 1.65. The zero-order valence-electron chi connectivity index (χ0n) is 14.9. The Hall–Kier alpha value is -3.93. The third-order valence-electron chi connectivity index (χ3n) is 4.89. The highest BCUT2D eigenvalue weighted by Gasteiger charge is 2.33. The maximum Gasteiger partial charge on any atom is 0.238 e. The van der Waals surface area contributed by atoms with Gasteiger partial charge >= 0.3 is 0 Å². The molecule has 4 aromatic rings. The van der Waals surface area contributed by atoms with Gasteiger partial charge in [0.2, 0.25) is 5.91 Å². The Morgan fingerprint density at radius 2 is 1.82 bits per heavy atom. The van der Waals surface area contributed by atoms with Gasteiger partial charge in [0.05, 0.1) is 23.1 Å². The average molecular weight is 367 g/mol. The van der Waals surface area contributed by atoms with Gasteiger partial charge in [-0.05, 0) is 35.9 Å². The molecule has 1 aliphatic heterocycles. The summed E-state index contributed by atoms with van der Waals surface area (Å²) in [6.45, 7) is 0. The summed E-state index contributed by atoms with van der Waals surface area (Å²) in [6, 6.07) is 21.1. The number of nitrogen functional groups attached to an aromatic ring is 1. The van der Waals surface area contributed by atoms with E-state index < -0.39 is 5.92 Å². The van der Waals surface area contributed by atoms with Crippen LogP contribution in [-0.2, 0) is 4.79 Å². The summed E-state index contributed by atoms with van der Waals surface area (Å²) in [5.41, 5.74) is 10.7. The minimum atomic E-state index is -0.439. The number of anilines is 4. The van der Waals surface area contributed by atoms with Crippen LogP contribution in [-0.4, -0.2) is 15.9 Å². The summed E-state index contributed by atoms with van der Waals surface area (Å²) in [5.74, 6) is -0.0416. The molecule has 0 radical (unpaired) electrons. The fourth-order valence-corrected chi connectivity index (χ4v) is 3.58. The van der Waals surface area contributed by atoms with E-state index in [0.717, 1.165) is 33.5 Å². The minimum Gasteiger partial charge on any atom is -0.384 e. The van der Waals surface area contributed by atoms with Gasteiger partial charge in [-0.25, -0.2) is 4.98 Å². The summed E-state index contributed by atoms with van der Waals surface area (Å²) in [7, 11) is 0. The fourth-order valence-electron chi connectivity index (χ4n) is 3.58. The highest BCUT2D eigenvalue weighted by Crippen LogP contribution is 2.38. The molecule has 0 bridgehead atoms. The number of nitrogens with zero attached hydrogens (tertiary/aromatic N) is 2. The molecule has 0 saturated carbocycles. The SMILES string of the molecule is Nc1ccc(Nc2cc(C3C(=O)Nc4ccccc43)nc3ccccc23)cn1. The molecule has 6 heteroatoms. The molecule has 1 aliphatic rings. The summed E-state index contributed by atoms with van der Waals surface area (Å²) >= 11 is 0. The van der Waals surface area contributed by atoms with Gasteiger partial charge in [0.15, 0.2) is 0 Å². The molecular formula is C22H17N5O. The third-order valence-corrected chi connectivity index (χ3v) is 4.89. The van der Waals surface area contributed by atoms with Crippen LogP contribution in [0.5, 0.6) is 0 Å². The van der Waals surface area contributed by atoms with Crippen molar-refractivity contribution in [2.24, 2.45) is 0 Å². The number of carbonyl (C=O) groups excluding carboxylic acids is 1. The van der Waals surface area contributed by atoms with Crippen molar-refractivity contribution in [1.82, 2.24) is 9.97 Å². The number of aromatic nitrogens is 2. The van der Waals surface area contributed by atoms with Gasteiger partial charge in [-0.3, -0.25) is 9.78 Å². The molecule has 3 heterocycles. The number of amides is 1. The van der Waals surface area contributed by atoms with E-state index in [-0.39, 0.29) is 5.91 Å². The predicted molar refractivity (Wildman–Crippen MR) is 111 cm³/mol. The maximum absolute atomic E-state index is 12.7. The van der Waals surface area contributed by atoms with Crippen molar-refractivity contribution < 1.29 is 4.79 Å². The zero-order valence-corrected chi connectivity index (χ0v) is 14.9. The standard InChI is InChI=1S/C22H17N5O/c23-20-10-9-13(12-24-20)25-18-11-19(26-16-7-3-1-5-14(16)18)21-15-6-2-4-8-17(15)27-22(21)28/h1-12,21H,(H2,23,24)(H,25,26)(H,27,28). The number of para-hydroxylation sites is 2. The van der Waals surface area contributed by atoms with Crippen molar-refractivity contribution in [1.29, 1.82) is 0 Å². The summed E-state index contributed by atoms with van der Waals surface area (Å²) in [5, 5.41) is 7.30. The first-order chi connectivity index (χ1) is 13.7. The maximum atomic E-state index is 12.7. The van der Waals surface area contributed by atoms with Gasteiger partial charge in [0.1, 0.15) is 11.7 Å².